The second-order valence-electron chi connectivity index (χ2n) is 6.67. The molecule has 0 saturated heterocycles. The summed E-state index contributed by atoms with van der Waals surface area (Å²) in [6, 6.07) is 9.67. The summed E-state index contributed by atoms with van der Waals surface area (Å²) in [6.45, 7) is 5.47. The van der Waals surface area contributed by atoms with Gasteiger partial charge in [-0.2, -0.15) is 0 Å². The number of hydrogen-bond acceptors (Lipinski definition) is 1. The fourth-order valence-electron chi connectivity index (χ4n) is 3.30. The van der Waals surface area contributed by atoms with E-state index in [0.29, 0.717) is 5.92 Å². The van der Waals surface area contributed by atoms with Gasteiger partial charge in [0.05, 0.1) is 5.38 Å². The topological polar surface area (TPSA) is 3.24 Å². The molecule has 2 unspecified atom stereocenters. The zero-order valence-electron chi connectivity index (χ0n) is 13.8. The summed E-state index contributed by atoms with van der Waals surface area (Å²) < 4.78 is 0. The maximum atomic E-state index is 6.64. The molecule has 2 atom stereocenters. The lowest BCUT2D eigenvalue weighted by molar-refractivity contribution is 0.192. The average molecular weight is 308 g/mol. The molecular formula is C19H30ClN. The third-order valence-corrected chi connectivity index (χ3v) is 5.52. The van der Waals surface area contributed by atoms with Crippen molar-refractivity contribution in [2.45, 2.75) is 69.7 Å². The number of likely N-dealkylation sites (N-methyl/N-ethyl adjacent to an activating group) is 1. The van der Waals surface area contributed by atoms with Crippen molar-refractivity contribution in [2.75, 3.05) is 13.6 Å². The van der Waals surface area contributed by atoms with E-state index in [1.165, 1.54) is 49.7 Å². The first-order valence-corrected chi connectivity index (χ1v) is 8.99. The van der Waals surface area contributed by atoms with Crippen LogP contribution in [0, 0.1) is 0 Å². The van der Waals surface area contributed by atoms with E-state index >= 15 is 0 Å². The molecule has 0 radical (unpaired) electrons. The third kappa shape index (κ3) is 4.72. The van der Waals surface area contributed by atoms with Crippen molar-refractivity contribution in [3.63, 3.8) is 0 Å². The number of alkyl halides is 1. The SMILES string of the molecule is CCC(C)c1ccc(C(Cl)CN(C)C2CCCCC2)cc1. The Kier molecular flexibility index (Phi) is 6.57. The molecule has 1 nitrogen and oxygen atoms in total. The van der Waals surface area contributed by atoms with Crippen molar-refractivity contribution in [1.82, 2.24) is 4.90 Å². The molecule has 1 aromatic rings. The number of nitrogens with zero attached hydrogens (tertiary/aromatic N) is 1. The molecule has 118 valence electrons. The molecule has 1 fully saturated rings. The van der Waals surface area contributed by atoms with E-state index in [1.807, 2.05) is 0 Å². The minimum atomic E-state index is 0.0999. The highest BCUT2D eigenvalue weighted by atomic mass is 35.5. The molecule has 2 rings (SSSR count). The molecule has 1 aliphatic carbocycles. The summed E-state index contributed by atoms with van der Waals surface area (Å²) in [5.74, 6) is 0.637. The molecule has 0 amide bonds. The van der Waals surface area contributed by atoms with Crippen LogP contribution in [0.3, 0.4) is 0 Å². The van der Waals surface area contributed by atoms with Crippen molar-refractivity contribution < 1.29 is 0 Å². The largest absolute Gasteiger partial charge is 0.302 e. The highest BCUT2D eigenvalue weighted by Crippen LogP contribution is 2.28. The fourth-order valence-corrected chi connectivity index (χ4v) is 3.66. The maximum Gasteiger partial charge on any atom is 0.0712 e. The quantitative estimate of drug-likeness (QED) is 0.605. The van der Waals surface area contributed by atoms with Crippen LogP contribution >= 0.6 is 11.6 Å². The van der Waals surface area contributed by atoms with Crippen LogP contribution in [0.5, 0.6) is 0 Å². The molecule has 1 aliphatic rings. The first kappa shape index (κ1) is 16.8. The number of hydrogen-bond donors (Lipinski definition) is 0. The van der Waals surface area contributed by atoms with Gasteiger partial charge in [-0.25, -0.2) is 0 Å². The van der Waals surface area contributed by atoms with Crippen molar-refractivity contribution in [1.29, 1.82) is 0 Å². The zero-order chi connectivity index (χ0) is 15.2. The second kappa shape index (κ2) is 8.19. The molecular weight excluding hydrogens is 278 g/mol. The highest BCUT2D eigenvalue weighted by Gasteiger charge is 2.20. The molecule has 1 aromatic carbocycles. The van der Waals surface area contributed by atoms with Crippen LogP contribution in [-0.2, 0) is 0 Å². The Morgan fingerprint density at radius 2 is 1.67 bits per heavy atom. The standard InChI is InChI=1S/C19H30ClN/c1-4-15(2)16-10-12-17(13-11-16)19(20)14-21(3)18-8-6-5-7-9-18/h10-13,15,18-19H,4-9,14H2,1-3H3. The van der Waals surface area contributed by atoms with Gasteiger partial charge in [-0.15, -0.1) is 11.6 Å². The number of rotatable bonds is 6. The zero-order valence-corrected chi connectivity index (χ0v) is 14.6. The van der Waals surface area contributed by atoms with Gasteiger partial charge in [0, 0.05) is 12.6 Å². The van der Waals surface area contributed by atoms with Crippen LogP contribution in [0.4, 0.5) is 0 Å². The van der Waals surface area contributed by atoms with Gasteiger partial charge < -0.3 is 4.90 Å². The Bertz CT molecular complexity index is 408. The summed E-state index contributed by atoms with van der Waals surface area (Å²) in [7, 11) is 2.24. The van der Waals surface area contributed by atoms with Gasteiger partial charge in [-0.1, -0.05) is 57.4 Å². The van der Waals surface area contributed by atoms with Crippen LogP contribution in [0.2, 0.25) is 0 Å². The summed E-state index contributed by atoms with van der Waals surface area (Å²) in [6.07, 6.45) is 8.04. The molecule has 0 spiro atoms. The molecule has 1 saturated carbocycles. The van der Waals surface area contributed by atoms with Crippen LogP contribution in [0.15, 0.2) is 24.3 Å². The van der Waals surface area contributed by atoms with Gasteiger partial charge in [0.1, 0.15) is 0 Å². The molecule has 0 aliphatic heterocycles. The monoisotopic (exact) mass is 307 g/mol. The van der Waals surface area contributed by atoms with Crippen LogP contribution in [0.1, 0.15) is 74.8 Å². The van der Waals surface area contributed by atoms with Crippen LogP contribution < -0.4 is 0 Å². The Morgan fingerprint density at radius 3 is 2.24 bits per heavy atom. The second-order valence-corrected chi connectivity index (χ2v) is 7.20. The Hall–Kier alpha value is -0.530. The van der Waals surface area contributed by atoms with E-state index in [1.54, 1.807) is 0 Å². The van der Waals surface area contributed by atoms with Crippen LogP contribution in [-0.4, -0.2) is 24.5 Å². The van der Waals surface area contributed by atoms with Crippen molar-refractivity contribution in [3.8, 4) is 0 Å². The molecule has 21 heavy (non-hydrogen) atoms. The maximum absolute atomic E-state index is 6.64. The fraction of sp³-hybridized carbons (Fsp3) is 0.684. The van der Waals surface area contributed by atoms with Gasteiger partial charge in [0.15, 0.2) is 0 Å². The van der Waals surface area contributed by atoms with E-state index in [4.69, 9.17) is 11.6 Å². The molecule has 2 heteroatoms. The number of halogens is 1. The van der Waals surface area contributed by atoms with E-state index in [0.717, 1.165) is 12.6 Å². The summed E-state index contributed by atoms with van der Waals surface area (Å²) >= 11 is 6.64. The van der Waals surface area contributed by atoms with Gasteiger partial charge in [-0.3, -0.25) is 0 Å². The molecule has 0 bridgehead atoms. The van der Waals surface area contributed by atoms with Gasteiger partial charge in [-0.05, 0) is 43.4 Å². The lowest BCUT2D eigenvalue weighted by Crippen LogP contribution is -2.35. The van der Waals surface area contributed by atoms with Gasteiger partial charge >= 0.3 is 0 Å². The Balaban J connectivity index is 1.91. The molecule has 0 heterocycles. The van der Waals surface area contributed by atoms with E-state index < -0.39 is 0 Å². The smallest absolute Gasteiger partial charge is 0.0712 e. The van der Waals surface area contributed by atoms with Gasteiger partial charge in [0.2, 0.25) is 0 Å². The lowest BCUT2D eigenvalue weighted by Gasteiger charge is -2.32. The minimum absolute atomic E-state index is 0.0999. The number of benzene rings is 1. The van der Waals surface area contributed by atoms with Gasteiger partial charge in [0.25, 0.3) is 0 Å². The summed E-state index contributed by atoms with van der Waals surface area (Å²) in [5, 5.41) is 0.0999. The molecule has 0 N–H and O–H groups in total. The minimum Gasteiger partial charge on any atom is -0.302 e. The first-order chi connectivity index (χ1) is 10.1. The summed E-state index contributed by atoms with van der Waals surface area (Å²) in [4.78, 5) is 2.47. The lowest BCUT2D eigenvalue weighted by atomic mass is 9.94. The van der Waals surface area contributed by atoms with E-state index in [9.17, 15) is 0 Å². The third-order valence-electron chi connectivity index (χ3n) is 5.13. The Morgan fingerprint density at radius 1 is 1.10 bits per heavy atom. The highest BCUT2D eigenvalue weighted by molar-refractivity contribution is 6.21. The molecule has 0 aromatic heterocycles. The van der Waals surface area contributed by atoms with Crippen molar-refractivity contribution in [2.24, 2.45) is 0 Å². The Labute approximate surface area is 135 Å². The summed E-state index contributed by atoms with van der Waals surface area (Å²) in [5.41, 5.74) is 2.68. The average Bonchev–Trinajstić information content (AvgIpc) is 2.55. The normalized spacial score (nSPS) is 19.7. The predicted molar refractivity (Wildman–Crippen MR) is 93.2 cm³/mol. The van der Waals surface area contributed by atoms with Crippen molar-refractivity contribution >= 4 is 11.6 Å². The van der Waals surface area contributed by atoms with Crippen LogP contribution in [0.25, 0.3) is 0 Å². The van der Waals surface area contributed by atoms with Crippen molar-refractivity contribution in [3.05, 3.63) is 35.4 Å². The predicted octanol–water partition coefficient (Wildman–Crippen LogP) is 5.74. The van der Waals surface area contributed by atoms with E-state index in [2.05, 4.69) is 50.1 Å². The first-order valence-electron chi connectivity index (χ1n) is 8.56. The van der Waals surface area contributed by atoms with E-state index in [-0.39, 0.29) is 5.38 Å².